The van der Waals surface area contributed by atoms with E-state index in [1.807, 2.05) is 12.1 Å². The van der Waals surface area contributed by atoms with Crippen LogP contribution in [0.15, 0.2) is 29.8 Å². The van der Waals surface area contributed by atoms with Gasteiger partial charge in [0.2, 0.25) is 0 Å². The lowest BCUT2D eigenvalue weighted by Gasteiger charge is -2.27. The molecule has 101 valence electrons. The Bertz CT molecular complexity index is 458. The summed E-state index contributed by atoms with van der Waals surface area (Å²) in [5.41, 5.74) is 4.54. The quantitative estimate of drug-likeness (QED) is 0.828. The summed E-state index contributed by atoms with van der Waals surface area (Å²) < 4.78 is 0. The number of rotatable bonds is 3. The molecular formula is C16H20ClN2. The highest BCUT2D eigenvalue weighted by atomic mass is 35.5. The van der Waals surface area contributed by atoms with Crippen molar-refractivity contribution in [3.8, 4) is 0 Å². The van der Waals surface area contributed by atoms with Crippen LogP contribution in [0.4, 0.5) is 0 Å². The van der Waals surface area contributed by atoms with Crippen molar-refractivity contribution in [2.24, 2.45) is 0 Å². The van der Waals surface area contributed by atoms with E-state index in [9.17, 15) is 0 Å². The summed E-state index contributed by atoms with van der Waals surface area (Å²) in [6, 6.07) is 8.32. The zero-order valence-electron chi connectivity index (χ0n) is 11.2. The Morgan fingerprint density at radius 2 is 1.79 bits per heavy atom. The van der Waals surface area contributed by atoms with Crippen molar-refractivity contribution in [2.75, 3.05) is 32.7 Å². The smallest absolute Gasteiger partial charge is 0.0406 e. The second-order valence-corrected chi connectivity index (χ2v) is 5.83. The minimum atomic E-state index is 0.821. The molecule has 3 rings (SSSR count). The molecule has 0 unspecified atom stereocenters. The van der Waals surface area contributed by atoms with Crippen LogP contribution in [0.5, 0.6) is 0 Å². The van der Waals surface area contributed by atoms with E-state index in [1.165, 1.54) is 24.8 Å². The maximum Gasteiger partial charge on any atom is 0.0406 e. The van der Waals surface area contributed by atoms with E-state index in [1.54, 1.807) is 11.1 Å². The van der Waals surface area contributed by atoms with Crippen molar-refractivity contribution in [1.29, 1.82) is 0 Å². The number of nitrogens with zero attached hydrogens (tertiary/aromatic N) is 2. The van der Waals surface area contributed by atoms with Crippen molar-refractivity contribution in [3.05, 3.63) is 40.4 Å². The van der Waals surface area contributed by atoms with Crippen LogP contribution < -0.4 is 5.32 Å². The molecule has 0 amide bonds. The molecule has 0 spiro atoms. The molecule has 1 fully saturated rings. The van der Waals surface area contributed by atoms with Crippen LogP contribution in [-0.4, -0.2) is 37.6 Å². The van der Waals surface area contributed by atoms with Crippen LogP contribution in [-0.2, 0) is 0 Å². The Kier molecular flexibility index (Phi) is 4.21. The number of benzene rings is 1. The predicted molar refractivity (Wildman–Crippen MR) is 80.5 cm³/mol. The molecule has 0 saturated carbocycles. The van der Waals surface area contributed by atoms with Gasteiger partial charge in [0.15, 0.2) is 0 Å². The molecular weight excluding hydrogens is 256 g/mol. The van der Waals surface area contributed by atoms with Crippen molar-refractivity contribution in [3.63, 3.8) is 0 Å². The highest BCUT2D eigenvalue weighted by molar-refractivity contribution is 6.30. The summed E-state index contributed by atoms with van der Waals surface area (Å²) in [4.78, 5) is 2.55. The lowest BCUT2D eigenvalue weighted by molar-refractivity contribution is 0.256. The minimum Gasteiger partial charge on any atom is -0.297 e. The number of halogens is 1. The van der Waals surface area contributed by atoms with E-state index in [0.29, 0.717) is 0 Å². The van der Waals surface area contributed by atoms with Gasteiger partial charge in [-0.15, -0.1) is 0 Å². The van der Waals surface area contributed by atoms with Crippen molar-refractivity contribution >= 4 is 17.2 Å². The number of hydrogen-bond acceptors (Lipinski definition) is 1. The molecule has 0 aromatic heterocycles. The fourth-order valence-corrected chi connectivity index (χ4v) is 3.18. The Morgan fingerprint density at radius 3 is 2.53 bits per heavy atom. The summed E-state index contributed by atoms with van der Waals surface area (Å²) >= 11 is 5.98. The highest BCUT2D eigenvalue weighted by Crippen LogP contribution is 2.34. The molecule has 2 nitrogen and oxygen atoms in total. The molecule has 1 aliphatic carbocycles. The SMILES string of the molecule is Clc1ccc(C2=C(CN3CC[N]CC3)CCC2)cc1. The van der Waals surface area contributed by atoms with Crippen LogP contribution >= 0.6 is 11.6 Å². The first kappa shape index (κ1) is 13.2. The summed E-state index contributed by atoms with van der Waals surface area (Å²) in [6.07, 6.45) is 3.77. The monoisotopic (exact) mass is 275 g/mol. The second kappa shape index (κ2) is 6.08. The van der Waals surface area contributed by atoms with Crippen LogP contribution in [0.2, 0.25) is 5.02 Å². The van der Waals surface area contributed by atoms with Crippen molar-refractivity contribution < 1.29 is 0 Å². The Balaban J connectivity index is 1.77. The Morgan fingerprint density at radius 1 is 1.05 bits per heavy atom. The van der Waals surface area contributed by atoms with Gasteiger partial charge in [-0.25, -0.2) is 5.32 Å². The lowest BCUT2D eigenvalue weighted by Crippen LogP contribution is -2.41. The summed E-state index contributed by atoms with van der Waals surface area (Å²) in [6.45, 7) is 5.38. The second-order valence-electron chi connectivity index (χ2n) is 5.39. The molecule has 0 N–H and O–H groups in total. The van der Waals surface area contributed by atoms with Gasteiger partial charge in [-0.1, -0.05) is 29.3 Å². The first-order valence-corrected chi connectivity index (χ1v) is 7.53. The van der Waals surface area contributed by atoms with Gasteiger partial charge in [-0.2, -0.15) is 0 Å². The molecule has 1 radical (unpaired) electrons. The molecule has 3 heteroatoms. The maximum atomic E-state index is 5.98. The zero-order valence-corrected chi connectivity index (χ0v) is 12.0. The average Bonchev–Trinajstić information content (AvgIpc) is 2.89. The standard InChI is InChI=1S/C16H20ClN2/c17-15-6-4-13(5-7-15)16-3-1-2-14(16)12-19-10-8-18-9-11-19/h4-7H,1-3,8-12H2. The van der Waals surface area contributed by atoms with E-state index in [0.717, 1.165) is 37.7 Å². The fraction of sp³-hybridized carbons (Fsp3) is 0.500. The van der Waals surface area contributed by atoms with Gasteiger partial charge in [-0.3, -0.25) is 4.90 Å². The summed E-state index contributed by atoms with van der Waals surface area (Å²) in [5.74, 6) is 0. The zero-order chi connectivity index (χ0) is 13.1. The summed E-state index contributed by atoms with van der Waals surface area (Å²) in [5, 5.41) is 5.24. The van der Waals surface area contributed by atoms with Crippen molar-refractivity contribution in [1.82, 2.24) is 10.2 Å². The molecule has 0 atom stereocenters. The first-order chi connectivity index (χ1) is 9.33. The molecule has 1 saturated heterocycles. The molecule has 1 heterocycles. The van der Waals surface area contributed by atoms with Crippen LogP contribution in [0.1, 0.15) is 24.8 Å². The van der Waals surface area contributed by atoms with E-state index >= 15 is 0 Å². The van der Waals surface area contributed by atoms with Gasteiger partial charge in [0, 0.05) is 37.7 Å². The topological polar surface area (TPSA) is 17.3 Å². The highest BCUT2D eigenvalue weighted by Gasteiger charge is 2.19. The van der Waals surface area contributed by atoms with Crippen LogP contribution in [0.25, 0.3) is 5.57 Å². The molecule has 1 aliphatic heterocycles. The maximum absolute atomic E-state index is 5.98. The third kappa shape index (κ3) is 3.19. The largest absolute Gasteiger partial charge is 0.297 e. The minimum absolute atomic E-state index is 0.821. The number of allylic oxidation sites excluding steroid dienone is 1. The predicted octanol–water partition coefficient (Wildman–Crippen LogP) is 3.20. The van der Waals surface area contributed by atoms with Crippen molar-refractivity contribution in [2.45, 2.75) is 19.3 Å². The molecule has 2 aliphatic rings. The van der Waals surface area contributed by atoms with Gasteiger partial charge >= 0.3 is 0 Å². The molecule has 0 bridgehead atoms. The molecule has 1 aromatic rings. The third-order valence-corrected chi connectivity index (χ3v) is 4.34. The molecule has 19 heavy (non-hydrogen) atoms. The van der Waals surface area contributed by atoms with Gasteiger partial charge < -0.3 is 0 Å². The van der Waals surface area contributed by atoms with Crippen LogP contribution in [0.3, 0.4) is 0 Å². The average molecular weight is 276 g/mol. The lowest BCUT2D eigenvalue weighted by atomic mass is 10.0. The Hall–Kier alpha value is -0.830. The number of piperazine rings is 1. The fourth-order valence-electron chi connectivity index (χ4n) is 3.06. The van der Waals surface area contributed by atoms with Gasteiger partial charge in [0.1, 0.15) is 0 Å². The van der Waals surface area contributed by atoms with E-state index in [4.69, 9.17) is 11.6 Å². The molecule has 1 aromatic carbocycles. The van der Waals surface area contributed by atoms with Gasteiger partial charge in [0.05, 0.1) is 0 Å². The van der Waals surface area contributed by atoms with Gasteiger partial charge in [-0.05, 0) is 42.5 Å². The van der Waals surface area contributed by atoms with E-state index in [-0.39, 0.29) is 0 Å². The first-order valence-electron chi connectivity index (χ1n) is 7.15. The third-order valence-electron chi connectivity index (χ3n) is 4.09. The number of hydrogen-bond donors (Lipinski definition) is 0. The van der Waals surface area contributed by atoms with E-state index in [2.05, 4.69) is 22.3 Å². The normalized spacial score (nSPS) is 21.1. The van der Waals surface area contributed by atoms with E-state index < -0.39 is 0 Å². The van der Waals surface area contributed by atoms with Crippen LogP contribution in [0, 0.1) is 0 Å². The summed E-state index contributed by atoms with van der Waals surface area (Å²) in [7, 11) is 0. The van der Waals surface area contributed by atoms with Gasteiger partial charge in [0.25, 0.3) is 0 Å². The Labute approximate surface area is 120 Å².